The van der Waals surface area contributed by atoms with Crippen LogP contribution in [0.15, 0.2) is 0 Å². The van der Waals surface area contributed by atoms with Crippen LogP contribution in [-0.4, -0.2) is 19.6 Å². The summed E-state index contributed by atoms with van der Waals surface area (Å²) in [5, 5.41) is 3.44. The van der Waals surface area contributed by atoms with Crippen molar-refractivity contribution in [2.45, 2.75) is 26.7 Å². The topological polar surface area (TPSA) is 38.0 Å². The van der Waals surface area contributed by atoms with Crippen molar-refractivity contribution in [3.63, 3.8) is 0 Å². The van der Waals surface area contributed by atoms with Gasteiger partial charge in [-0.05, 0) is 50.2 Å². The van der Waals surface area contributed by atoms with E-state index in [1.54, 1.807) is 0 Å². The Kier molecular flexibility index (Phi) is 4.02. The molecule has 1 saturated heterocycles. The van der Waals surface area contributed by atoms with E-state index >= 15 is 0 Å². The molecule has 0 amide bonds. The minimum absolute atomic E-state index is 0.750. The number of nitrogens with one attached hydrogen (secondary N) is 1. The Bertz CT molecular complexity index is 123. The first-order valence-corrected chi connectivity index (χ1v) is 5.16. The first-order chi connectivity index (χ1) is 5.75. The molecule has 1 rings (SSSR count). The summed E-state index contributed by atoms with van der Waals surface area (Å²) in [5.41, 5.74) is 5.77. The Labute approximate surface area is 75.9 Å². The van der Waals surface area contributed by atoms with Crippen LogP contribution in [0.1, 0.15) is 26.7 Å². The summed E-state index contributed by atoms with van der Waals surface area (Å²) in [6.45, 7) is 7.84. The largest absolute Gasteiger partial charge is 0.330 e. The second-order valence-corrected chi connectivity index (χ2v) is 4.23. The molecule has 2 atom stereocenters. The van der Waals surface area contributed by atoms with Crippen LogP contribution in [0.3, 0.4) is 0 Å². The molecule has 0 bridgehead atoms. The van der Waals surface area contributed by atoms with Gasteiger partial charge in [-0.15, -0.1) is 0 Å². The summed E-state index contributed by atoms with van der Waals surface area (Å²) in [6.07, 6.45) is 2.57. The summed E-state index contributed by atoms with van der Waals surface area (Å²) >= 11 is 0. The van der Waals surface area contributed by atoms with Crippen molar-refractivity contribution in [2.75, 3.05) is 19.6 Å². The number of nitrogens with two attached hydrogens (primary N) is 1. The van der Waals surface area contributed by atoms with Crippen LogP contribution in [0.2, 0.25) is 0 Å². The summed E-state index contributed by atoms with van der Waals surface area (Å²) in [7, 11) is 0. The smallest absolute Gasteiger partial charge is 0.00456 e. The molecule has 12 heavy (non-hydrogen) atoms. The minimum Gasteiger partial charge on any atom is -0.330 e. The molecule has 3 N–H and O–H groups in total. The summed E-state index contributed by atoms with van der Waals surface area (Å²) in [4.78, 5) is 0. The predicted octanol–water partition coefficient (Wildman–Crippen LogP) is 1.22. The SMILES string of the molecule is CC(C)C1CCNCCC1CN. The van der Waals surface area contributed by atoms with Crippen molar-refractivity contribution in [1.29, 1.82) is 0 Å². The van der Waals surface area contributed by atoms with E-state index in [4.69, 9.17) is 5.73 Å². The highest BCUT2D eigenvalue weighted by Crippen LogP contribution is 2.27. The van der Waals surface area contributed by atoms with E-state index in [-0.39, 0.29) is 0 Å². The molecule has 1 aliphatic rings. The zero-order valence-corrected chi connectivity index (χ0v) is 8.34. The lowest BCUT2D eigenvalue weighted by Crippen LogP contribution is -2.26. The second-order valence-electron chi connectivity index (χ2n) is 4.23. The van der Waals surface area contributed by atoms with E-state index in [9.17, 15) is 0 Å². The van der Waals surface area contributed by atoms with Crippen molar-refractivity contribution in [1.82, 2.24) is 5.32 Å². The third-order valence-electron chi connectivity index (χ3n) is 3.11. The van der Waals surface area contributed by atoms with Crippen LogP contribution >= 0.6 is 0 Å². The van der Waals surface area contributed by atoms with Gasteiger partial charge in [0.05, 0.1) is 0 Å². The van der Waals surface area contributed by atoms with Gasteiger partial charge in [-0.1, -0.05) is 13.8 Å². The third-order valence-corrected chi connectivity index (χ3v) is 3.11. The lowest BCUT2D eigenvalue weighted by atomic mass is 9.80. The molecule has 72 valence electrons. The molecule has 0 aromatic heterocycles. The fourth-order valence-corrected chi connectivity index (χ4v) is 2.30. The average molecular weight is 170 g/mol. The molecule has 0 aromatic rings. The van der Waals surface area contributed by atoms with Crippen LogP contribution in [0.4, 0.5) is 0 Å². The van der Waals surface area contributed by atoms with Crippen molar-refractivity contribution in [3.8, 4) is 0 Å². The number of hydrogen-bond acceptors (Lipinski definition) is 2. The van der Waals surface area contributed by atoms with Crippen molar-refractivity contribution >= 4 is 0 Å². The summed E-state index contributed by atoms with van der Waals surface area (Å²) in [5.74, 6) is 2.38. The second kappa shape index (κ2) is 4.83. The van der Waals surface area contributed by atoms with Crippen LogP contribution in [0.25, 0.3) is 0 Å². The predicted molar refractivity (Wildman–Crippen MR) is 53.0 cm³/mol. The highest BCUT2D eigenvalue weighted by molar-refractivity contribution is 4.78. The van der Waals surface area contributed by atoms with E-state index in [0.717, 1.165) is 30.8 Å². The molecule has 0 spiro atoms. The van der Waals surface area contributed by atoms with Gasteiger partial charge in [0.2, 0.25) is 0 Å². The van der Waals surface area contributed by atoms with Gasteiger partial charge in [-0.25, -0.2) is 0 Å². The molecule has 0 radical (unpaired) electrons. The van der Waals surface area contributed by atoms with Crippen LogP contribution in [0, 0.1) is 17.8 Å². The summed E-state index contributed by atoms with van der Waals surface area (Å²) in [6, 6.07) is 0. The van der Waals surface area contributed by atoms with Gasteiger partial charge in [0.1, 0.15) is 0 Å². The quantitative estimate of drug-likeness (QED) is 0.654. The molecule has 1 aliphatic heterocycles. The molecule has 2 heteroatoms. The molecule has 2 nitrogen and oxygen atoms in total. The Hall–Kier alpha value is -0.0800. The Morgan fingerprint density at radius 2 is 2.00 bits per heavy atom. The van der Waals surface area contributed by atoms with Gasteiger partial charge in [0.15, 0.2) is 0 Å². The van der Waals surface area contributed by atoms with Gasteiger partial charge < -0.3 is 11.1 Å². The molecule has 2 unspecified atom stereocenters. The van der Waals surface area contributed by atoms with Gasteiger partial charge in [0.25, 0.3) is 0 Å². The molecular weight excluding hydrogens is 148 g/mol. The van der Waals surface area contributed by atoms with Crippen LogP contribution in [0.5, 0.6) is 0 Å². The molecule has 0 saturated carbocycles. The number of rotatable bonds is 2. The fraction of sp³-hybridized carbons (Fsp3) is 1.00. The van der Waals surface area contributed by atoms with E-state index in [1.807, 2.05) is 0 Å². The van der Waals surface area contributed by atoms with Gasteiger partial charge >= 0.3 is 0 Å². The van der Waals surface area contributed by atoms with E-state index in [2.05, 4.69) is 19.2 Å². The van der Waals surface area contributed by atoms with Gasteiger partial charge in [-0.3, -0.25) is 0 Å². The average Bonchev–Trinajstić information content (AvgIpc) is 2.27. The maximum Gasteiger partial charge on any atom is -0.00456 e. The zero-order valence-electron chi connectivity index (χ0n) is 8.34. The van der Waals surface area contributed by atoms with Crippen molar-refractivity contribution < 1.29 is 0 Å². The maximum atomic E-state index is 5.77. The Morgan fingerprint density at radius 3 is 2.58 bits per heavy atom. The molecule has 0 aromatic carbocycles. The standard InChI is InChI=1S/C10H22N2/c1-8(2)10-4-6-12-5-3-9(10)7-11/h8-10,12H,3-7,11H2,1-2H3. The number of hydrogen-bond donors (Lipinski definition) is 2. The van der Waals surface area contributed by atoms with Crippen LogP contribution < -0.4 is 11.1 Å². The lowest BCUT2D eigenvalue weighted by Gasteiger charge is -2.26. The van der Waals surface area contributed by atoms with Crippen LogP contribution in [-0.2, 0) is 0 Å². The summed E-state index contributed by atoms with van der Waals surface area (Å²) < 4.78 is 0. The molecular formula is C10H22N2. The Morgan fingerprint density at radius 1 is 1.33 bits per heavy atom. The normalized spacial score (nSPS) is 32.0. The molecule has 1 fully saturated rings. The lowest BCUT2D eigenvalue weighted by molar-refractivity contribution is 0.250. The molecule has 1 heterocycles. The monoisotopic (exact) mass is 170 g/mol. The van der Waals surface area contributed by atoms with E-state index in [0.29, 0.717) is 0 Å². The third kappa shape index (κ3) is 2.46. The van der Waals surface area contributed by atoms with Crippen molar-refractivity contribution in [3.05, 3.63) is 0 Å². The highest BCUT2D eigenvalue weighted by atomic mass is 14.9. The van der Waals surface area contributed by atoms with E-state index < -0.39 is 0 Å². The fourth-order valence-electron chi connectivity index (χ4n) is 2.30. The Balaban J connectivity index is 2.51. The highest BCUT2D eigenvalue weighted by Gasteiger charge is 2.24. The first kappa shape index (κ1) is 10.0. The zero-order chi connectivity index (χ0) is 8.97. The van der Waals surface area contributed by atoms with E-state index in [1.165, 1.54) is 19.4 Å². The van der Waals surface area contributed by atoms with Gasteiger partial charge in [-0.2, -0.15) is 0 Å². The maximum absolute atomic E-state index is 5.77. The minimum atomic E-state index is 0.750. The first-order valence-electron chi connectivity index (χ1n) is 5.16. The van der Waals surface area contributed by atoms with Gasteiger partial charge in [0, 0.05) is 0 Å². The molecule has 0 aliphatic carbocycles. The van der Waals surface area contributed by atoms with Crippen molar-refractivity contribution in [2.24, 2.45) is 23.5 Å².